The average Bonchev–Trinajstić information content (AvgIpc) is 1.83. The van der Waals surface area contributed by atoms with Crippen molar-refractivity contribution in [3.63, 3.8) is 0 Å². The van der Waals surface area contributed by atoms with Gasteiger partial charge in [0.15, 0.2) is 0 Å². The van der Waals surface area contributed by atoms with Crippen LogP contribution in [0.15, 0.2) is 12.7 Å². The van der Waals surface area contributed by atoms with Crippen LogP contribution in [0.4, 0.5) is 0 Å². The van der Waals surface area contributed by atoms with Gasteiger partial charge in [-0.15, -0.1) is 19.0 Å². The minimum Gasteiger partial charge on any atom is -0.381 e. The second kappa shape index (κ2) is 7.91. The summed E-state index contributed by atoms with van der Waals surface area (Å²) in [5.41, 5.74) is 0. The number of nitrogens with zero attached hydrogens (tertiary/aromatic N) is 1. The molecule has 0 radical (unpaired) electrons. The van der Waals surface area contributed by atoms with Gasteiger partial charge in [0, 0.05) is 6.54 Å². The molecule has 0 aliphatic rings. The van der Waals surface area contributed by atoms with Gasteiger partial charge in [-0.25, -0.2) is 0 Å². The summed E-state index contributed by atoms with van der Waals surface area (Å²) in [6.07, 6.45) is 1.62. The highest BCUT2D eigenvalue weighted by molar-refractivity contribution is 5.85. The van der Waals surface area contributed by atoms with E-state index >= 15 is 0 Å². The van der Waals surface area contributed by atoms with Gasteiger partial charge in [0.05, 0.1) is 13.5 Å². The molecule has 0 rings (SSSR count). The molecule has 0 aromatic carbocycles. The summed E-state index contributed by atoms with van der Waals surface area (Å²) >= 11 is 0. The molecule has 2 N–H and O–H groups in total. The Balaban J connectivity index is 0. The van der Waals surface area contributed by atoms with Gasteiger partial charge in [0.1, 0.15) is 0 Å². The molecule has 3 nitrogen and oxygen atoms in total. The van der Waals surface area contributed by atoms with Crippen LogP contribution in [0.25, 0.3) is 0 Å². The molecule has 0 heterocycles. The highest BCUT2D eigenvalue weighted by atomic mass is 35.5. The molecule has 0 saturated heterocycles. The first-order valence-corrected chi connectivity index (χ1v) is 2.40. The van der Waals surface area contributed by atoms with Crippen LogP contribution in [-0.2, 0) is 0 Å². The Morgan fingerprint density at radius 1 is 1.33 bits per heavy atom. The summed E-state index contributed by atoms with van der Waals surface area (Å²) in [5, 5.41) is 16.8. The largest absolute Gasteiger partial charge is 0.381 e. The van der Waals surface area contributed by atoms with E-state index in [2.05, 4.69) is 6.58 Å². The Bertz CT molecular complexity index is 66.0. The van der Waals surface area contributed by atoms with Crippen LogP contribution >= 0.6 is 12.4 Å². The van der Waals surface area contributed by atoms with Crippen molar-refractivity contribution < 1.29 is 10.2 Å². The van der Waals surface area contributed by atoms with Gasteiger partial charge in [-0.3, -0.25) is 4.90 Å². The lowest BCUT2D eigenvalue weighted by Crippen LogP contribution is -2.25. The Labute approximate surface area is 61.0 Å². The number of aliphatic hydroxyl groups is 2. The molecule has 0 atom stereocenters. The zero-order valence-electron chi connectivity index (χ0n) is 5.16. The first kappa shape index (κ1) is 11.7. The minimum atomic E-state index is -0.123. The molecule has 0 amide bonds. The molecule has 0 saturated carbocycles. The summed E-state index contributed by atoms with van der Waals surface area (Å²) in [5.74, 6) is 0. The van der Waals surface area contributed by atoms with Gasteiger partial charge >= 0.3 is 0 Å². The van der Waals surface area contributed by atoms with E-state index in [1.54, 1.807) is 6.08 Å². The Kier molecular flexibility index (Phi) is 10.3. The number of hydrogen-bond donors (Lipinski definition) is 2. The summed E-state index contributed by atoms with van der Waals surface area (Å²) in [7, 11) is 0. The van der Waals surface area contributed by atoms with E-state index in [1.165, 1.54) is 4.90 Å². The lowest BCUT2D eigenvalue weighted by atomic mass is 10.6. The maximum atomic E-state index is 8.38. The van der Waals surface area contributed by atoms with Crippen molar-refractivity contribution in [1.82, 2.24) is 4.90 Å². The fourth-order valence-electron chi connectivity index (χ4n) is 0.343. The highest BCUT2D eigenvalue weighted by Gasteiger charge is 1.93. The minimum absolute atomic E-state index is 0. The number of aliphatic hydroxyl groups excluding tert-OH is 2. The van der Waals surface area contributed by atoms with Crippen LogP contribution in [0.3, 0.4) is 0 Å². The number of rotatable bonds is 4. The summed E-state index contributed by atoms with van der Waals surface area (Å²) in [6.45, 7) is 3.71. The lowest BCUT2D eigenvalue weighted by molar-refractivity contribution is 0.0391. The first-order chi connectivity index (χ1) is 3.85. The second-order valence-electron chi connectivity index (χ2n) is 1.42. The van der Waals surface area contributed by atoms with Gasteiger partial charge in [0.2, 0.25) is 0 Å². The van der Waals surface area contributed by atoms with Crippen LogP contribution < -0.4 is 0 Å². The van der Waals surface area contributed by atoms with Crippen molar-refractivity contribution in [2.75, 3.05) is 20.0 Å². The number of halogens is 1. The van der Waals surface area contributed by atoms with Crippen LogP contribution in [-0.4, -0.2) is 35.1 Å². The third-order valence-corrected chi connectivity index (χ3v) is 0.787. The van der Waals surface area contributed by atoms with Crippen LogP contribution in [0, 0.1) is 0 Å². The quantitative estimate of drug-likeness (QED) is 0.434. The van der Waals surface area contributed by atoms with E-state index < -0.39 is 0 Å². The zero-order chi connectivity index (χ0) is 6.41. The van der Waals surface area contributed by atoms with Crippen molar-refractivity contribution >= 4 is 12.4 Å². The molecular weight excluding hydrogens is 142 g/mol. The van der Waals surface area contributed by atoms with Crippen molar-refractivity contribution in [1.29, 1.82) is 0 Å². The Morgan fingerprint density at radius 3 is 1.89 bits per heavy atom. The summed E-state index contributed by atoms with van der Waals surface area (Å²) in [6, 6.07) is 0. The highest BCUT2D eigenvalue weighted by Crippen LogP contribution is 1.80. The van der Waals surface area contributed by atoms with E-state index in [9.17, 15) is 0 Å². The molecule has 0 unspecified atom stereocenters. The van der Waals surface area contributed by atoms with Crippen LogP contribution in [0.2, 0.25) is 0 Å². The lowest BCUT2D eigenvalue weighted by Gasteiger charge is -2.11. The van der Waals surface area contributed by atoms with Gasteiger partial charge in [-0.2, -0.15) is 0 Å². The topological polar surface area (TPSA) is 43.7 Å². The Morgan fingerprint density at radius 2 is 1.78 bits per heavy atom. The predicted octanol–water partition coefficient (Wildman–Crippen LogP) is -0.204. The molecule has 0 aliphatic heterocycles. The van der Waals surface area contributed by atoms with Crippen LogP contribution in [0.1, 0.15) is 0 Å². The maximum Gasteiger partial charge on any atom is 0.0976 e. The van der Waals surface area contributed by atoms with Gasteiger partial charge in [-0.05, 0) is 0 Å². The van der Waals surface area contributed by atoms with E-state index in [4.69, 9.17) is 10.2 Å². The smallest absolute Gasteiger partial charge is 0.0976 e. The third-order valence-electron chi connectivity index (χ3n) is 0.787. The van der Waals surface area contributed by atoms with E-state index in [0.717, 1.165) is 0 Å². The molecule has 0 aromatic heterocycles. The molecule has 0 aliphatic carbocycles. The van der Waals surface area contributed by atoms with Gasteiger partial charge in [0.25, 0.3) is 0 Å². The van der Waals surface area contributed by atoms with E-state index in [0.29, 0.717) is 6.54 Å². The van der Waals surface area contributed by atoms with Crippen molar-refractivity contribution in [2.24, 2.45) is 0 Å². The molecule has 9 heavy (non-hydrogen) atoms. The van der Waals surface area contributed by atoms with Gasteiger partial charge in [-0.1, -0.05) is 6.08 Å². The van der Waals surface area contributed by atoms with Crippen molar-refractivity contribution in [3.8, 4) is 0 Å². The molecule has 4 heteroatoms. The normalized spacial score (nSPS) is 8.78. The fourth-order valence-corrected chi connectivity index (χ4v) is 0.343. The summed E-state index contributed by atoms with van der Waals surface area (Å²) < 4.78 is 0. The van der Waals surface area contributed by atoms with Gasteiger partial charge < -0.3 is 10.2 Å². The molecule has 56 valence electrons. The van der Waals surface area contributed by atoms with Crippen molar-refractivity contribution in [2.45, 2.75) is 0 Å². The Hall–Kier alpha value is -0.0900. The fraction of sp³-hybridized carbons (Fsp3) is 0.600. The third kappa shape index (κ3) is 5.79. The summed E-state index contributed by atoms with van der Waals surface area (Å²) in [4.78, 5) is 1.42. The van der Waals surface area contributed by atoms with E-state index in [1.807, 2.05) is 0 Å². The zero-order valence-corrected chi connectivity index (χ0v) is 5.97. The van der Waals surface area contributed by atoms with Crippen LogP contribution in [0.5, 0.6) is 0 Å². The maximum absolute atomic E-state index is 8.38. The number of hydrogen-bond acceptors (Lipinski definition) is 3. The van der Waals surface area contributed by atoms with E-state index in [-0.39, 0.29) is 25.9 Å². The molecule has 0 aromatic rings. The monoisotopic (exact) mass is 153 g/mol. The standard InChI is InChI=1S/C5H11NO2.ClH/c1-2-3-6(4-7)5-8;/h2,7-8H,1,3-5H2;1H. The first-order valence-electron chi connectivity index (χ1n) is 2.40. The molecule has 0 spiro atoms. The molecule has 0 bridgehead atoms. The molecular formula is C5H12ClNO2. The van der Waals surface area contributed by atoms with Crippen molar-refractivity contribution in [3.05, 3.63) is 12.7 Å². The SMILES string of the molecule is C=CCN(CO)CO.Cl. The predicted molar refractivity (Wildman–Crippen MR) is 38.3 cm³/mol. The molecule has 0 fully saturated rings. The average molecular weight is 154 g/mol. The second-order valence-corrected chi connectivity index (χ2v) is 1.42.